The fraction of sp³-hybridized carbons (Fsp3) is 0.882. The molecule has 3 fully saturated rings. The Balaban J connectivity index is 1.83. The van der Waals surface area contributed by atoms with Crippen LogP contribution in [0, 0.1) is 16.7 Å². The highest BCUT2D eigenvalue weighted by molar-refractivity contribution is 7.89. The largest absolute Gasteiger partial charge is 0.392 e. The van der Waals surface area contributed by atoms with Crippen LogP contribution in [0.15, 0.2) is 0 Å². The zero-order chi connectivity index (χ0) is 17.9. The number of aliphatic hydroxyl groups excluding tert-OH is 1. The lowest BCUT2D eigenvalue weighted by Gasteiger charge is -2.50. The minimum absolute atomic E-state index is 0.00733. The molecule has 24 heavy (non-hydrogen) atoms. The van der Waals surface area contributed by atoms with E-state index in [0.29, 0.717) is 12.3 Å². The average molecular weight is 357 g/mol. The third-order valence-electron chi connectivity index (χ3n) is 7.04. The maximum absolute atomic E-state index is 12.8. The van der Waals surface area contributed by atoms with E-state index >= 15 is 0 Å². The number of hydrogen-bond acceptors (Lipinski definition) is 5. The third-order valence-corrected chi connectivity index (χ3v) is 9.06. The van der Waals surface area contributed by atoms with Gasteiger partial charge in [0.25, 0.3) is 0 Å². The average Bonchev–Trinajstić information content (AvgIpc) is 2.76. The van der Waals surface area contributed by atoms with Crippen molar-refractivity contribution in [3.05, 3.63) is 0 Å². The lowest BCUT2D eigenvalue weighted by molar-refractivity contribution is -0.133. The van der Waals surface area contributed by atoms with E-state index in [1.54, 1.807) is 6.92 Å². The van der Waals surface area contributed by atoms with Crippen LogP contribution in [0.25, 0.3) is 0 Å². The Bertz CT molecular complexity index is 674. The number of sulfonamides is 1. The van der Waals surface area contributed by atoms with Gasteiger partial charge in [-0.2, -0.15) is 0 Å². The summed E-state index contributed by atoms with van der Waals surface area (Å²) in [6.07, 6.45) is 1.47. The number of hydrogen-bond donors (Lipinski definition) is 1. The quantitative estimate of drug-likeness (QED) is 0.804. The molecule has 1 N–H and O–H groups in total. The van der Waals surface area contributed by atoms with Crippen LogP contribution in [0.5, 0.6) is 0 Å². The van der Waals surface area contributed by atoms with Gasteiger partial charge in [0.1, 0.15) is 5.78 Å². The molecule has 0 aromatic rings. The Labute approximate surface area is 143 Å². The van der Waals surface area contributed by atoms with E-state index in [1.807, 2.05) is 0 Å². The lowest BCUT2D eigenvalue weighted by Crippen LogP contribution is -2.60. The summed E-state index contributed by atoms with van der Waals surface area (Å²) in [5.41, 5.74) is -0.438. The maximum Gasteiger partial charge on any atom is 0.238 e. The minimum atomic E-state index is -3.67. The van der Waals surface area contributed by atoms with Crippen LogP contribution < -0.4 is 0 Å². The van der Waals surface area contributed by atoms with Crippen molar-refractivity contribution in [3.63, 3.8) is 0 Å². The molecule has 3 rings (SSSR count). The maximum atomic E-state index is 12.8. The van der Waals surface area contributed by atoms with Gasteiger partial charge in [-0.1, -0.05) is 20.8 Å². The molecule has 7 heteroatoms. The van der Waals surface area contributed by atoms with Gasteiger partial charge in [-0.05, 0) is 36.0 Å². The van der Waals surface area contributed by atoms with Crippen molar-refractivity contribution in [2.75, 3.05) is 5.75 Å². The summed E-state index contributed by atoms with van der Waals surface area (Å²) in [6.45, 7) is 5.86. The van der Waals surface area contributed by atoms with E-state index in [-0.39, 0.29) is 41.2 Å². The van der Waals surface area contributed by atoms with Crippen molar-refractivity contribution in [3.8, 4) is 0 Å². The number of ketones is 1. The first-order valence-electron chi connectivity index (χ1n) is 8.80. The molecule has 5 atom stereocenters. The Morgan fingerprint density at radius 3 is 2.54 bits per heavy atom. The monoisotopic (exact) mass is 357 g/mol. The van der Waals surface area contributed by atoms with Gasteiger partial charge in [-0.25, -0.2) is 12.7 Å². The van der Waals surface area contributed by atoms with Crippen LogP contribution >= 0.6 is 0 Å². The Hall–Kier alpha value is -0.950. The second kappa shape index (κ2) is 5.53. The molecule has 6 nitrogen and oxygen atoms in total. The molecular weight excluding hydrogens is 330 g/mol. The minimum Gasteiger partial charge on any atom is -0.392 e. The summed E-state index contributed by atoms with van der Waals surface area (Å²) in [6, 6.07) is -0.304. The topological polar surface area (TPSA) is 91.8 Å². The molecule has 1 heterocycles. The SMILES string of the molecule is CCC(=O)C[C@H](O)CC(=O)N1C2CC3CCC2(C)C3(C)CS1(=O)=O. The fourth-order valence-electron chi connectivity index (χ4n) is 5.38. The van der Waals surface area contributed by atoms with Crippen molar-refractivity contribution in [1.82, 2.24) is 4.31 Å². The predicted octanol–water partition coefficient (Wildman–Crippen LogP) is 1.47. The number of nitrogens with zero attached hydrogens (tertiary/aromatic N) is 1. The summed E-state index contributed by atoms with van der Waals surface area (Å²) in [5, 5.41) is 9.97. The van der Waals surface area contributed by atoms with Gasteiger partial charge in [-0.15, -0.1) is 0 Å². The van der Waals surface area contributed by atoms with E-state index in [2.05, 4.69) is 13.8 Å². The number of rotatable bonds is 5. The number of aliphatic hydroxyl groups is 1. The van der Waals surface area contributed by atoms with Crippen molar-refractivity contribution in [2.45, 2.75) is 71.4 Å². The van der Waals surface area contributed by atoms with Gasteiger partial charge < -0.3 is 5.11 Å². The standard InChI is InChI=1S/C17H27NO5S/c1-4-12(19)8-13(20)9-15(21)18-14-7-11-5-6-16(14,2)17(11,3)10-24(18,22)23/h11,13-14,20H,4-10H2,1-3H3/t11?,13-,14?,16?,17?/m0/s1. The smallest absolute Gasteiger partial charge is 0.238 e. The van der Waals surface area contributed by atoms with Crippen LogP contribution in [-0.2, 0) is 19.6 Å². The molecule has 136 valence electrons. The zero-order valence-electron chi connectivity index (χ0n) is 14.6. The molecule has 0 spiro atoms. The van der Waals surface area contributed by atoms with Crippen molar-refractivity contribution >= 4 is 21.7 Å². The number of carbonyl (C=O) groups is 2. The van der Waals surface area contributed by atoms with Crippen LogP contribution in [0.4, 0.5) is 0 Å². The highest BCUT2D eigenvalue weighted by Crippen LogP contribution is 2.69. The van der Waals surface area contributed by atoms with Gasteiger partial charge in [0, 0.05) is 12.8 Å². The molecule has 1 aliphatic heterocycles. The van der Waals surface area contributed by atoms with Crippen LogP contribution in [0.3, 0.4) is 0 Å². The highest BCUT2D eigenvalue weighted by Gasteiger charge is 2.71. The summed E-state index contributed by atoms with van der Waals surface area (Å²) < 4.78 is 26.6. The van der Waals surface area contributed by atoms with Gasteiger partial charge in [0.15, 0.2) is 0 Å². The van der Waals surface area contributed by atoms with Crippen LogP contribution in [0.2, 0.25) is 0 Å². The number of amides is 1. The molecule has 4 unspecified atom stereocenters. The molecule has 2 saturated carbocycles. The molecule has 2 aliphatic carbocycles. The molecule has 1 saturated heterocycles. The highest BCUT2D eigenvalue weighted by atomic mass is 32.2. The Morgan fingerprint density at radius 2 is 1.92 bits per heavy atom. The van der Waals surface area contributed by atoms with Crippen molar-refractivity contribution in [1.29, 1.82) is 0 Å². The molecule has 4 bridgehead atoms. The summed E-state index contributed by atoms with van der Waals surface area (Å²) in [4.78, 5) is 24.1. The summed E-state index contributed by atoms with van der Waals surface area (Å²) >= 11 is 0. The van der Waals surface area contributed by atoms with Gasteiger partial charge >= 0.3 is 0 Å². The predicted molar refractivity (Wildman–Crippen MR) is 88.5 cm³/mol. The first-order valence-corrected chi connectivity index (χ1v) is 10.4. The Morgan fingerprint density at radius 1 is 1.25 bits per heavy atom. The molecule has 3 aliphatic rings. The summed E-state index contributed by atoms with van der Waals surface area (Å²) in [5.74, 6) is -0.344. The first kappa shape index (κ1) is 17.9. The zero-order valence-corrected chi connectivity index (χ0v) is 15.4. The lowest BCUT2D eigenvalue weighted by atomic mass is 9.68. The molecular formula is C17H27NO5S. The van der Waals surface area contributed by atoms with Crippen LogP contribution in [-0.4, -0.2) is 47.4 Å². The number of Topliss-reactive ketones (excluding diaryl/α,β-unsaturated/α-hetero) is 1. The normalized spacial score (nSPS) is 40.6. The second-order valence-electron chi connectivity index (χ2n) is 8.22. The van der Waals surface area contributed by atoms with E-state index in [0.717, 1.165) is 23.6 Å². The third kappa shape index (κ3) is 2.35. The molecule has 1 amide bonds. The van der Waals surface area contributed by atoms with E-state index in [1.165, 1.54) is 0 Å². The van der Waals surface area contributed by atoms with Gasteiger partial charge in [-0.3, -0.25) is 9.59 Å². The Kier molecular flexibility index (Phi) is 4.11. The molecule has 0 radical (unpaired) electrons. The number of carbonyl (C=O) groups excluding carboxylic acids is 2. The second-order valence-corrected chi connectivity index (χ2v) is 10.1. The van der Waals surface area contributed by atoms with E-state index in [9.17, 15) is 23.1 Å². The van der Waals surface area contributed by atoms with Gasteiger partial charge in [0.2, 0.25) is 15.9 Å². The van der Waals surface area contributed by atoms with E-state index in [4.69, 9.17) is 0 Å². The molecule has 0 aromatic carbocycles. The first-order chi connectivity index (χ1) is 11.0. The van der Waals surface area contributed by atoms with E-state index < -0.39 is 22.0 Å². The molecule has 0 aromatic heterocycles. The van der Waals surface area contributed by atoms with Gasteiger partial charge in [0.05, 0.1) is 24.3 Å². The fourth-order valence-corrected chi connectivity index (χ4v) is 7.93. The summed E-state index contributed by atoms with van der Waals surface area (Å²) in [7, 11) is -3.67. The van der Waals surface area contributed by atoms with Crippen LogP contribution in [0.1, 0.15) is 59.3 Å². The van der Waals surface area contributed by atoms with Crippen molar-refractivity contribution in [2.24, 2.45) is 16.7 Å². The van der Waals surface area contributed by atoms with Crippen molar-refractivity contribution < 1.29 is 23.1 Å².